The van der Waals surface area contributed by atoms with Crippen molar-refractivity contribution < 1.29 is 9.90 Å². The second kappa shape index (κ2) is 5.95. The lowest BCUT2D eigenvalue weighted by molar-refractivity contribution is -0.137. The monoisotopic (exact) mass is 319 g/mol. The average molecular weight is 319 g/mol. The van der Waals surface area contributed by atoms with Crippen LogP contribution in [0.4, 0.5) is 5.69 Å². The molecule has 1 atom stereocenters. The van der Waals surface area contributed by atoms with Gasteiger partial charge in [-0.25, -0.2) is 0 Å². The van der Waals surface area contributed by atoms with Gasteiger partial charge in [0.1, 0.15) is 0 Å². The van der Waals surface area contributed by atoms with Crippen LogP contribution in [-0.4, -0.2) is 17.1 Å². The summed E-state index contributed by atoms with van der Waals surface area (Å²) in [6.45, 7) is 1.99. The number of rotatable bonds is 5. The second-order valence-corrected chi connectivity index (χ2v) is 4.73. The maximum Gasteiger partial charge on any atom is 0.303 e. The van der Waals surface area contributed by atoms with E-state index in [1.165, 1.54) is 3.57 Å². The highest BCUT2D eigenvalue weighted by molar-refractivity contribution is 14.1. The van der Waals surface area contributed by atoms with Gasteiger partial charge in [-0.2, -0.15) is 0 Å². The maximum atomic E-state index is 10.4. The first-order chi connectivity index (χ1) is 7.08. The summed E-state index contributed by atoms with van der Waals surface area (Å²) in [7, 11) is 0. The molecule has 15 heavy (non-hydrogen) atoms. The number of benzene rings is 1. The molecular weight excluding hydrogens is 305 g/mol. The molecule has 1 aromatic carbocycles. The molecule has 0 radical (unpaired) electrons. The molecule has 0 fully saturated rings. The van der Waals surface area contributed by atoms with Crippen LogP contribution in [0.15, 0.2) is 24.3 Å². The molecule has 2 N–H and O–H groups in total. The minimum atomic E-state index is -0.744. The van der Waals surface area contributed by atoms with Crippen LogP contribution in [0.1, 0.15) is 19.8 Å². The third kappa shape index (κ3) is 5.01. The minimum Gasteiger partial charge on any atom is -0.481 e. The van der Waals surface area contributed by atoms with Gasteiger partial charge in [0.25, 0.3) is 0 Å². The zero-order valence-electron chi connectivity index (χ0n) is 8.53. The van der Waals surface area contributed by atoms with Crippen LogP contribution in [0.2, 0.25) is 0 Å². The van der Waals surface area contributed by atoms with Crippen molar-refractivity contribution >= 4 is 34.2 Å². The van der Waals surface area contributed by atoms with Crippen LogP contribution in [0.5, 0.6) is 0 Å². The molecule has 0 aliphatic carbocycles. The van der Waals surface area contributed by atoms with E-state index < -0.39 is 5.97 Å². The number of carbonyl (C=O) groups is 1. The molecule has 82 valence electrons. The Bertz CT molecular complexity index is 341. The number of anilines is 1. The van der Waals surface area contributed by atoms with Crippen LogP contribution in [-0.2, 0) is 4.79 Å². The van der Waals surface area contributed by atoms with E-state index in [1.807, 2.05) is 31.2 Å². The standard InChI is InChI=1S/C11H14INO2/c1-8(5-6-11(14)15)13-10-4-2-3-9(12)7-10/h2-4,7-8,13H,5-6H2,1H3,(H,14,15). The van der Waals surface area contributed by atoms with E-state index in [1.54, 1.807) is 0 Å². The Kier molecular flexibility index (Phi) is 4.87. The summed E-state index contributed by atoms with van der Waals surface area (Å²) >= 11 is 2.25. The molecular formula is C11H14INO2. The Morgan fingerprint density at radius 2 is 2.33 bits per heavy atom. The summed E-state index contributed by atoms with van der Waals surface area (Å²) in [5, 5.41) is 11.8. The van der Waals surface area contributed by atoms with Crippen LogP contribution >= 0.6 is 22.6 Å². The summed E-state index contributed by atoms with van der Waals surface area (Å²) in [5.74, 6) is -0.744. The van der Waals surface area contributed by atoms with Crippen molar-refractivity contribution in [3.63, 3.8) is 0 Å². The van der Waals surface area contributed by atoms with Crippen LogP contribution in [0.3, 0.4) is 0 Å². The van der Waals surface area contributed by atoms with Crippen molar-refractivity contribution in [3.05, 3.63) is 27.8 Å². The molecule has 0 spiro atoms. The van der Waals surface area contributed by atoms with Gasteiger partial charge in [0.2, 0.25) is 0 Å². The largest absolute Gasteiger partial charge is 0.481 e. The van der Waals surface area contributed by atoms with Gasteiger partial charge < -0.3 is 10.4 Å². The molecule has 0 amide bonds. The van der Waals surface area contributed by atoms with Gasteiger partial charge in [0, 0.05) is 21.7 Å². The summed E-state index contributed by atoms with van der Waals surface area (Å²) in [6, 6.07) is 8.21. The normalized spacial score (nSPS) is 12.1. The van der Waals surface area contributed by atoms with Crippen molar-refractivity contribution in [2.24, 2.45) is 0 Å². The topological polar surface area (TPSA) is 49.3 Å². The van der Waals surface area contributed by atoms with Gasteiger partial charge in [-0.05, 0) is 54.1 Å². The van der Waals surface area contributed by atoms with E-state index in [0.29, 0.717) is 6.42 Å². The zero-order valence-corrected chi connectivity index (χ0v) is 10.7. The smallest absolute Gasteiger partial charge is 0.303 e. The predicted molar refractivity (Wildman–Crippen MR) is 69.1 cm³/mol. The highest BCUT2D eigenvalue weighted by Crippen LogP contribution is 2.14. The molecule has 1 rings (SSSR count). The molecule has 0 saturated heterocycles. The lowest BCUT2D eigenvalue weighted by atomic mass is 10.1. The highest BCUT2D eigenvalue weighted by atomic mass is 127. The third-order valence-electron chi connectivity index (χ3n) is 2.03. The van der Waals surface area contributed by atoms with Crippen molar-refractivity contribution in [1.29, 1.82) is 0 Å². The number of carboxylic acid groups (broad SMARTS) is 1. The first kappa shape index (κ1) is 12.3. The first-order valence-corrected chi connectivity index (χ1v) is 5.89. The Morgan fingerprint density at radius 3 is 2.93 bits per heavy atom. The second-order valence-electron chi connectivity index (χ2n) is 3.49. The maximum absolute atomic E-state index is 10.4. The van der Waals surface area contributed by atoms with E-state index in [2.05, 4.69) is 27.9 Å². The van der Waals surface area contributed by atoms with Crippen LogP contribution in [0, 0.1) is 3.57 Å². The van der Waals surface area contributed by atoms with E-state index in [4.69, 9.17) is 5.11 Å². The Labute approximate surface area is 103 Å². The van der Waals surface area contributed by atoms with E-state index in [0.717, 1.165) is 5.69 Å². The number of carboxylic acids is 1. The zero-order chi connectivity index (χ0) is 11.3. The van der Waals surface area contributed by atoms with Crippen molar-refractivity contribution in [2.75, 3.05) is 5.32 Å². The number of nitrogens with one attached hydrogen (secondary N) is 1. The van der Waals surface area contributed by atoms with Gasteiger partial charge in [0.15, 0.2) is 0 Å². The van der Waals surface area contributed by atoms with Gasteiger partial charge in [-0.3, -0.25) is 4.79 Å². The Balaban J connectivity index is 2.44. The summed E-state index contributed by atoms with van der Waals surface area (Å²) in [5.41, 5.74) is 1.04. The van der Waals surface area contributed by atoms with Gasteiger partial charge in [0.05, 0.1) is 0 Å². The van der Waals surface area contributed by atoms with Crippen molar-refractivity contribution in [3.8, 4) is 0 Å². The number of hydrogen-bond donors (Lipinski definition) is 2. The first-order valence-electron chi connectivity index (χ1n) is 4.82. The van der Waals surface area contributed by atoms with E-state index in [-0.39, 0.29) is 12.5 Å². The summed E-state index contributed by atoms with van der Waals surface area (Å²) in [4.78, 5) is 10.4. The Hall–Kier alpha value is -0.780. The SMILES string of the molecule is CC(CCC(=O)O)Nc1cccc(I)c1. The summed E-state index contributed by atoms with van der Waals surface area (Å²) in [6.07, 6.45) is 0.846. The molecule has 0 aromatic heterocycles. The molecule has 0 bridgehead atoms. The molecule has 0 aliphatic heterocycles. The number of hydrogen-bond acceptors (Lipinski definition) is 2. The summed E-state index contributed by atoms with van der Waals surface area (Å²) < 4.78 is 1.17. The van der Waals surface area contributed by atoms with Crippen molar-refractivity contribution in [2.45, 2.75) is 25.8 Å². The third-order valence-corrected chi connectivity index (χ3v) is 2.70. The fourth-order valence-corrected chi connectivity index (χ4v) is 1.82. The number of halogens is 1. The van der Waals surface area contributed by atoms with Gasteiger partial charge in [-0.1, -0.05) is 6.07 Å². The molecule has 4 heteroatoms. The van der Waals surface area contributed by atoms with Gasteiger partial charge in [-0.15, -0.1) is 0 Å². The molecule has 0 saturated carbocycles. The quantitative estimate of drug-likeness (QED) is 0.821. The van der Waals surface area contributed by atoms with E-state index >= 15 is 0 Å². The molecule has 0 heterocycles. The predicted octanol–water partition coefficient (Wildman–Crippen LogP) is 2.96. The molecule has 1 unspecified atom stereocenters. The Morgan fingerprint density at radius 1 is 1.60 bits per heavy atom. The lowest BCUT2D eigenvalue weighted by Gasteiger charge is -2.14. The van der Waals surface area contributed by atoms with Crippen molar-refractivity contribution in [1.82, 2.24) is 0 Å². The highest BCUT2D eigenvalue weighted by Gasteiger charge is 2.05. The minimum absolute atomic E-state index is 0.180. The van der Waals surface area contributed by atoms with E-state index in [9.17, 15) is 4.79 Å². The number of aliphatic carboxylic acids is 1. The van der Waals surface area contributed by atoms with Crippen LogP contribution in [0.25, 0.3) is 0 Å². The lowest BCUT2D eigenvalue weighted by Crippen LogP contribution is -2.16. The van der Waals surface area contributed by atoms with Crippen LogP contribution < -0.4 is 5.32 Å². The molecule has 0 aliphatic rings. The fraction of sp³-hybridized carbons (Fsp3) is 0.364. The fourth-order valence-electron chi connectivity index (χ4n) is 1.27. The van der Waals surface area contributed by atoms with Gasteiger partial charge >= 0.3 is 5.97 Å². The average Bonchev–Trinajstić information content (AvgIpc) is 2.15. The molecule has 3 nitrogen and oxygen atoms in total. The molecule has 1 aromatic rings.